The highest BCUT2D eigenvalue weighted by molar-refractivity contribution is 6.12. The Morgan fingerprint density at radius 1 is 0.707 bits per heavy atom. The fraction of sp³-hybridized carbons (Fsp3) is 0.178. The molecule has 2 N–H and O–H groups in total. The third-order valence-electron chi connectivity index (χ3n) is 10.2. The van der Waals surface area contributed by atoms with E-state index in [1.54, 1.807) is 24.3 Å². The summed E-state index contributed by atoms with van der Waals surface area (Å²) in [6.07, 6.45) is 4.55. The van der Waals surface area contributed by atoms with Gasteiger partial charge in [-0.2, -0.15) is 10.2 Å². The third-order valence-corrected chi connectivity index (χ3v) is 10.2. The zero-order chi connectivity index (χ0) is 40.3. The Morgan fingerprint density at radius 2 is 1.38 bits per heavy atom. The van der Waals surface area contributed by atoms with Crippen LogP contribution in [0.25, 0.3) is 32.8 Å². The Hall–Kier alpha value is -7.25. The number of rotatable bonds is 13. The molecule has 8 rings (SSSR count). The Kier molecular flexibility index (Phi) is 10.4. The summed E-state index contributed by atoms with van der Waals surface area (Å²) in [4.78, 5) is 42.3. The quantitative estimate of drug-likeness (QED) is 0.123. The molecule has 5 aromatic carbocycles. The molecule has 0 atom stereocenters. The first kappa shape index (κ1) is 37.7. The number of anilines is 2. The molecule has 292 valence electrons. The molecule has 0 aliphatic heterocycles. The molecule has 3 heterocycles. The normalized spacial score (nSPS) is 11.4. The van der Waals surface area contributed by atoms with Gasteiger partial charge in [-0.3, -0.25) is 28.6 Å². The minimum Gasteiger partial charge on any atom is -0.493 e. The molecule has 0 fully saturated rings. The first-order valence-electron chi connectivity index (χ1n) is 18.7. The van der Waals surface area contributed by atoms with Crippen LogP contribution < -0.4 is 25.5 Å². The van der Waals surface area contributed by atoms with Crippen molar-refractivity contribution in [2.45, 2.75) is 19.5 Å². The molecule has 0 saturated heterocycles. The summed E-state index contributed by atoms with van der Waals surface area (Å²) < 4.78 is 20.4. The molecule has 0 bridgehead atoms. The van der Waals surface area contributed by atoms with Gasteiger partial charge in [-0.25, -0.2) is 0 Å². The summed E-state index contributed by atoms with van der Waals surface area (Å²) in [7, 11) is 6.82. The topological polar surface area (TPSA) is 146 Å². The van der Waals surface area contributed by atoms with E-state index in [2.05, 4.69) is 62.1 Å². The van der Waals surface area contributed by atoms with Gasteiger partial charge in [-0.05, 0) is 71.6 Å². The second kappa shape index (κ2) is 16.1. The van der Waals surface area contributed by atoms with E-state index in [4.69, 9.17) is 13.9 Å². The second-order valence-electron chi connectivity index (χ2n) is 14.1. The highest BCUT2D eigenvalue weighted by Crippen LogP contribution is 2.34. The average molecular weight is 776 g/mol. The maximum Gasteiger partial charge on any atom is 0.291 e. The third kappa shape index (κ3) is 7.88. The van der Waals surface area contributed by atoms with Gasteiger partial charge < -0.3 is 24.5 Å². The van der Waals surface area contributed by atoms with Gasteiger partial charge in [0.05, 0.1) is 54.3 Å². The van der Waals surface area contributed by atoms with Crippen LogP contribution in [0.2, 0.25) is 0 Å². The number of hydrogen-bond acceptors (Lipinski definition) is 9. The standard InChI is InChI=1S/C45H41N7O6/c1-50-37-16-12-29(19-32(37)25-47-50)26-52(27-30-9-13-31-24-46-51(2)38(31)20-30)18-17-28-10-14-33(15-11-28)48-44(54)35-21-41(56-3)42(57-4)22-36(35)49-45(55)43-23-39(53)34-7-5-6-8-40(34)58-43/h5-16,19-25H,17-18,26-27H2,1-4H3,(H,48,54)(H,49,55). The molecule has 58 heavy (non-hydrogen) atoms. The summed E-state index contributed by atoms with van der Waals surface area (Å²) in [5.41, 5.74) is 6.40. The predicted octanol–water partition coefficient (Wildman–Crippen LogP) is 7.33. The lowest BCUT2D eigenvalue weighted by molar-refractivity contribution is 0.0997. The Labute approximate surface area is 333 Å². The molecule has 0 aliphatic rings. The van der Waals surface area contributed by atoms with Gasteiger partial charge in [-0.15, -0.1) is 0 Å². The van der Waals surface area contributed by atoms with E-state index in [1.807, 2.05) is 60.1 Å². The van der Waals surface area contributed by atoms with Gasteiger partial charge >= 0.3 is 0 Å². The van der Waals surface area contributed by atoms with Gasteiger partial charge in [0.2, 0.25) is 0 Å². The summed E-state index contributed by atoms with van der Waals surface area (Å²) in [5.74, 6) is -0.821. The van der Waals surface area contributed by atoms with Crippen LogP contribution in [0.15, 0.2) is 125 Å². The first-order valence-corrected chi connectivity index (χ1v) is 18.7. The number of amides is 2. The minimum absolute atomic E-state index is 0.114. The van der Waals surface area contributed by atoms with Gasteiger partial charge in [-0.1, -0.05) is 42.5 Å². The molecule has 13 nitrogen and oxygen atoms in total. The SMILES string of the molecule is COc1cc(NC(=O)c2cc(=O)c3ccccc3o2)c(C(=O)Nc2ccc(CCN(Cc3ccc4c(cnn4C)c3)Cc3ccc4cnn(C)c4c3)cc2)cc1OC. The monoisotopic (exact) mass is 775 g/mol. The maximum absolute atomic E-state index is 13.8. The van der Waals surface area contributed by atoms with Gasteiger partial charge in [0.25, 0.3) is 11.8 Å². The zero-order valence-corrected chi connectivity index (χ0v) is 32.5. The van der Waals surface area contributed by atoms with E-state index in [0.717, 1.165) is 59.5 Å². The molecular formula is C45H41N7O6. The average Bonchev–Trinajstić information content (AvgIpc) is 3.80. The lowest BCUT2D eigenvalue weighted by atomic mass is 10.1. The number of aryl methyl sites for hydroxylation is 2. The smallest absolute Gasteiger partial charge is 0.291 e. The van der Waals surface area contributed by atoms with Crippen molar-refractivity contribution in [1.82, 2.24) is 24.5 Å². The van der Waals surface area contributed by atoms with Crippen LogP contribution in [0, 0.1) is 0 Å². The number of aromatic nitrogens is 4. The summed E-state index contributed by atoms with van der Waals surface area (Å²) in [6.45, 7) is 2.28. The van der Waals surface area contributed by atoms with Crippen molar-refractivity contribution in [2.24, 2.45) is 14.1 Å². The van der Waals surface area contributed by atoms with E-state index < -0.39 is 11.8 Å². The highest BCUT2D eigenvalue weighted by Gasteiger charge is 2.21. The Balaban J connectivity index is 0.985. The van der Waals surface area contributed by atoms with Crippen LogP contribution in [0.4, 0.5) is 11.4 Å². The van der Waals surface area contributed by atoms with E-state index in [1.165, 1.54) is 37.5 Å². The van der Waals surface area contributed by atoms with Crippen molar-refractivity contribution < 1.29 is 23.5 Å². The van der Waals surface area contributed by atoms with Crippen molar-refractivity contribution in [2.75, 3.05) is 31.4 Å². The minimum atomic E-state index is -0.710. The fourth-order valence-electron chi connectivity index (χ4n) is 7.14. The molecule has 0 saturated carbocycles. The van der Waals surface area contributed by atoms with Crippen LogP contribution in [0.3, 0.4) is 0 Å². The number of para-hydroxylation sites is 1. The summed E-state index contributed by atoms with van der Waals surface area (Å²) >= 11 is 0. The van der Waals surface area contributed by atoms with Crippen molar-refractivity contribution in [3.63, 3.8) is 0 Å². The van der Waals surface area contributed by atoms with Crippen LogP contribution >= 0.6 is 0 Å². The largest absolute Gasteiger partial charge is 0.493 e. The van der Waals surface area contributed by atoms with Crippen LogP contribution in [0.5, 0.6) is 11.5 Å². The van der Waals surface area contributed by atoms with E-state index in [-0.39, 0.29) is 28.0 Å². The molecule has 2 amide bonds. The van der Waals surface area contributed by atoms with E-state index in [0.29, 0.717) is 22.6 Å². The molecule has 0 unspecified atom stereocenters. The van der Waals surface area contributed by atoms with Gasteiger partial charge in [0.1, 0.15) is 5.58 Å². The first-order chi connectivity index (χ1) is 28.1. The number of nitrogens with one attached hydrogen (secondary N) is 2. The zero-order valence-electron chi connectivity index (χ0n) is 32.5. The molecule has 0 spiro atoms. The van der Waals surface area contributed by atoms with Crippen LogP contribution in [-0.2, 0) is 33.6 Å². The lowest BCUT2D eigenvalue weighted by Gasteiger charge is -2.23. The summed E-state index contributed by atoms with van der Waals surface area (Å²) in [6, 6.07) is 31.4. The number of carbonyl (C=O) groups excluding carboxylic acids is 2. The van der Waals surface area contributed by atoms with Gasteiger partial charge in [0, 0.05) is 62.3 Å². The number of ether oxygens (including phenoxy) is 2. The van der Waals surface area contributed by atoms with Crippen LogP contribution in [0.1, 0.15) is 37.6 Å². The van der Waals surface area contributed by atoms with E-state index in [9.17, 15) is 14.4 Å². The van der Waals surface area contributed by atoms with E-state index >= 15 is 0 Å². The molecule has 3 aromatic heterocycles. The number of fused-ring (bicyclic) bond motifs is 3. The van der Waals surface area contributed by atoms with Crippen molar-refractivity contribution in [1.29, 1.82) is 0 Å². The molecule has 0 aliphatic carbocycles. The number of carbonyl (C=O) groups is 2. The molecule has 13 heteroatoms. The van der Waals surface area contributed by atoms with Crippen LogP contribution in [-0.4, -0.2) is 57.0 Å². The number of hydrogen-bond donors (Lipinski definition) is 2. The van der Waals surface area contributed by atoms with Crippen molar-refractivity contribution >= 4 is 56.0 Å². The number of nitrogens with zero attached hydrogens (tertiary/aromatic N) is 5. The van der Waals surface area contributed by atoms with Gasteiger partial charge in [0.15, 0.2) is 22.7 Å². The Bertz CT molecular complexity index is 2880. The fourth-order valence-corrected chi connectivity index (χ4v) is 7.14. The number of benzene rings is 5. The predicted molar refractivity (Wildman–Crippen MR) is 224 cm³/mol. The maximum atomic E-state index is 13.8. The number of methoxy groups -OCH3 is 2. The second-order valence-corrected chi connectivity index (χ2v) is 14.1. The summed E-state index contributed by atoms with van der Waals surface area (Å²) in [5, 5.41) is 17.1. The molecular weight excluding hydrogens is 735 g/mol. The lowest BCUT2D eigenvalue weighted by Crippen LogP contribution is -2.25. The highest BCUT2D eigenvalue weighted by atomic mass is 16.5. The van der Waals surface area contributed by atoms with Crippen molar-refractivity contribution in [3.05, 3.63) is 154 Å². The Morgan fingerprint density at radius 3 is 2.16 bits per heavy atom. The molecule has 8 aromatic rings. The molecule has 0 radical (unpaired) electrons. The van der Waals surface area contributed by atoms with Crippen molar-refractivity contribution in [3.8, 4) is 11.5 Å².